The Morgan fingerprint density at radius 1 is 1.53 bits per heavy atom. The summed E-state index contributed by atoms with van der Waals surface area (Å²) in [5.41, 5.74) is 8.95. The maximum Gasteiger partial charge on any atom is 0.0834 e. The molecule has 2 N–H and O–H groups in total. The average molecular weight is 207 g/mol. The summed E-state index contributed by atoms with van der Waals surface area (Å²) >= 11 is 0. The van der Waals surface area contributed by atoms with E-state index in [2.05, 4.69) is 6.07 Å². The van der Waals surface area contributed by atoms with Gasteiger partial charge in [-0.2, -0.15) is 0 Å². The predicted molar refractivity (Wildman–Crippen MR) is 59.6 cm³/mol. The van der Waals surface area contributed by atoms with E-state index in [0.29, 0.717) is 6.61 Å². The van der Waals surface area contributed by atoms with Crippen molar-refractivity contribution in [2.24, 2.45) is 0 Å². The van der Waals surface area contributed by atoms with Gasteiger partial charge in [-0.25, -0.2) is 0 Å². The molecule has 0 aromatic heterocycles. The minimum atomic E-state index is 0.255. The molecule has 0 aliphatic carbocycles. The number of hydrogen-bond acceptors (Lipinski definition) is 3. The summed E-state index contributed by atoms with van der Waals surface area (Å²) in [4.78, 5) is 0. The maximum absolute atomic E-state index is 5.82. The van der Waals surface area contributed by atoms with Crippen LogP contribution in [-0.4, -0.2) is 19.3 Å². The second-order valence-electron chi connectivity index (χ2n) is 3.93. The number of nitrogens with two attached hydrogens (primary N) is 1. The third kappa shape index (κ3) is 2.49. The van der Waals surface area contributed by atoms with Crippen LogP contribution in [0.25, 0.3) is 0 Å². The van der Waals surface area contributed by atoms with Gasteiger partial charge in [0.2, 0.25) is 0 Å². The van der Waals surface area contributed by atoms with Gasteiger partial charge in [0.15, 0.2) is 0 Å². The molecule has 1 aromatic rings. The van der Waals surface area contributed by atoms with Crippen molar-refractivity contribution < 1.29 is 9.47 Å². The van der Waals surface area contributed by atoms with Crippen LogP contribution in [0.3, 0.4) is 0 Å². The van der Waals surface area contributed by atoms with E-state index in [4.69, 9.17) is 15.2 Å². The summed E-state index contributed by atoms with van der Waals surface area (Å²) in [6.45, 7) is 4.20. The highest BCUT2D eigenvalue weighted by Crippen LogP contribution is 2.18. The zero-order chi connectivity index (χ0) is 10.7. The molecule has 0 amide bonds. The smallest absolute Gasteiger partial charge is 0.0834 e. The van der Waals surface area contributed by atoms with Gasteiger partial charge in [-0.1, -0.05) is 12.1 Å². The van der Waals surface area contributed by atoms with Gasteiger partial charge in [0, 0.05) is 12.3 Å². The van der Waals surface area contributed by atoms with Gasteiger partial charge in [0.1, 0.15) is 0 Å². The molecule has 1 atom stereocenters. The molecule has 0 saturated carbocycles. The van der Waals surface area contributed by atoms with Crippen LogP contribution in [0.4, 0.5) is 5.69 Å². The predicted octanol–water partition coefficient (Wildman–Crippen LogP) is 1.88. The molecule has 82 valence electrons. The Kier molecular flexibility index (Phi) is 3.23. The van der Waals surface area contributed by atoms with Gasteiger partial charge in [-0.15, -0.1) is 0 Å². The number of ether oxygens (including phenoxy) is 2. The van der Waals surface area contributed by atoms with Gasteiger partial charge in [-0.05, 0) is 30.5 Å². The lowest BCUT2D eigenvalue weighted by molar-refractivity contribution is 0.0315. The Morgan fingerprint density at radius 3 is 3.13 bits per heavy atom. The van der Waals surface area contributed by atoms with E-state index in [0.717, 1.165) is 30.9 Å². The first kappa shape index (κ1) is 10.5. The van der Waals surface area contributed by atoms with Gasteiger partial charge in [0.05, 0.1) is 19.3 Å². The Labute approximate surface area is 90.2 Å². The second kappa shape index (κ2) is 4.64. The molecule has 1 aliphatic heterocycles. The molecular formula is C12H17NO2. The third-order valence-corrected chi connectivity index (χ3v) is 2.85. The Bertz CT molecular complexity index is 332. The van der Waals surface area contributed by atoms with Crippen LogP contribution in [0, 0.1) is 6.92 Å². The van der Waals surface area contributed by atoms with Crippen molar-refractivity contribution >= 4 is 5.69 Å². The fourth-order valence-electron chi connectivity index (χ4n) is 1.71. The summed E-state index contributed by atoms with van der Waals surface area (Å²) in [7, 11) is 0. The zero-order valence-corrected chi connectivity index (χ0v) is 9.03. The number of rotatable bonds is 3. The summed E-state index contributed by atoms with van der Waals surface area (Å²) in [5, 5.41) is 0. The lowest BCUT2D eigenvalue weighted by Gasteiger charge is -2.12. The van der Waals surface area contributed by atoms with Gasteiger partial charge in [0.25, 0.3) is 0 Å². The monoisotopic (exact) mass is 207 g/mol. The largest absolute Gasteiger partial charge is 0.399 e. The molecule has 1 saturated heterocycles. The molecule has 1 aromatic carbocycles. The van der Waals surface area contributed by atoms with E-state index in [1.165, 1.54) is 5.56 Å². The van der Waals surface area contributed by atoms with Crippen LogP contribution in [0.1, 0.15) is 17.5 Å². The average Bonchev–Trinajstić information content (AvgIpc) is 2.73. The lowest BCUT2D eigenvalue weighted by Crippen LogP contribution is -2.12. The van der Waals surface area contributed by atoms with Crippen molar-refractivity contribution in [3.8, 4) is 0 Å². The van der Waals surface area contributed by atoms with Gasteiger partial charge in [-0.3, -0.25) is 0 Å². The fourth-order valence-corrected chi connectivity index (χ4v) is 1.71. The Hall–Kier alpha value is -1.06. The number of anilines is 1. The van der Waals surface area contributed by atoms with E-state index in [1.807, 2.05) is 19.1 Å². The van der Waals surface area contributed by atoms with Crippen LogP contribution in [0.5, 0.6) is 0 Å². The van der Waals surface area contributed by atoms with E-state index in [1.54, 1.807) is 0 Å². The first-order valence-corrected chi connectivity index (χ1v) is 5.30. The standard InChI is InChI=1S/C12H17NO2/c1-9-10(3-2-4-12(9)13)7-15-11-5-6-14-8-11/h2-4,11H,5-8,13H2,1H3. The normalized spacial score (nSPS) is 20.7. The van der Waals surface area contributed by atoms with Gasteiger partial charge >= 0.3 is 0 Å². The Balaban J connectivity index is 1.95. The highest BCUT2D eigenvalue weighted by Gasteiger charge is 2.16. The van der Waals surface area contributed by atoms with Crippen molar-refractivity contribution in [3.05, 3.63) is 29.3 Å². The summed E-state index contributed by atoms with van der Waals surface area (Å²) in [6, 6.07) is 5.94. The molecule has 3 nitrogen and oxygen atoms in total. The first-order chi connectivity index (χ1) is 7.27. The maximum atomic E-state index is 5.82. The van der Waals surface area contributed by atoms with E-state index >= 15 is 0 Å². The fraction of sp³-hybridized carbons (Fsp3) is 0.500. The molecule has 0 bridgehead atoms. The second-order valence-corrected chi connectivity index (χ2v) is 3.93. The minimum Gasteiger partial charge on any atom is -0.399 e. The summed E-state index contributed by atoms with van der Waals surface area (Å²) in [5.74, 6) is 0. The van der Waals surface area contributed by atoms with Crippen LogP contribution < -0.4 is 5.73 Å². The van der Waals surface area contributed by atoms with Crippen molar-refractivity contribution in [3.63, 3.8) is 0 Å². The van der Waals surface area contributed by atoms with E-state index in [-0.39, 0.29) is 6.10 Å². The SMILES string of the molecule is Cc1c(N)cccc1COC1CCOC1. The molecule has 1 unspecified atom stereocenters. The Morgan fingerprint density at radius 2 is 2.40 bits per heavy atom. The number of benzene rings is 1. The molecule has 15 heavy (non-hydrogen) atoms. The number of nitrogen functional groups attached to an aromatic ring is 1. The van der Waals surface area contributed by atoms with Crippen molar-refractivity contribution in [1.29, 1.82) is 0 Å². The molecule has 0 radical (unpaired) electrons. The van der Waals surface area contributed by atoms with Crippen molar-refractivity contribution in [2.45, 2.75) is 26.1 Å². The van der Waals surface area contributed by atoms with Crippen LogP contribution in [0.2, 0.25) is 0 Å². The van der Waals surface area contributed by atoms with Crippen molar-refractivity contribution in [2.75, 3.05) is 18.9 Å². The molecule has 2 rings (SSSR count). The van der Waals surface area contributed by atoms with Crippen LogP contribution >= 0.6 is 0 Å². The molecule has 1 heterocycles. The molecular weight excluding hydrogens is 190 g/mol. The lowest BCUT2D eigenvalue weighted by atomic mass is 10.1. The molecule has 3 heteroatoms. The highest BCUT2D eigenvalue weighted by molar-refractivity contribution is 5.49. The van der Waals surface area contributed by atoms with Crippen LogP contribution in [-0.2, 0) is 16.1 Å². The topological polar surface area (TPSA) is 44.5 Å². The quantitative estimate of drug-likeness (QED) is 0.770. The summed E-state index contributed by atoms with van der Waals surface area (Å²) in [6.07, 6.45) is 1.26. The molecule has 1 fully saturated rings. The zero-order valence-electron chi connectivity index (χ0n) is 9.03. The van der Waals surface area contributed by atoms with E-state index in [9.17, 15) is 0 Å². The van der Waals surface area contributed by atoms with Crippen molar-refractivity contribution in [1.82, 2.24) is 0 Å². The van der Waals surface area contributed by atoms with Gasteiger partial charge < -0.3 is 15.2 Å². The summed E-state index contributed by atoms with van der Waals surface area (Å²) < 4.78 is 11.0. The minimum absolute atomic E-state index is 0.255. The molecule has 1 aliphatic rings. The first-order valence-electron chi connectivity index (χ1n) is 5.30. The van der Waals surface area contributed by atoms with Crippen LogP contribution in [0.15, 0.2) is 18.2 Å². The number of hydrogen-bond donors (Lipinski definition) is 1. The highest BCUT2D eigenvalue weighted by atomic mass is 16.5. The third-order valence-electron chi connectivity index (χ3n) is 2.85. The molecule has 0 spiro atoms. The van der Waals surface area contributed by atoms with E-state index < -0.39 is 0 Å².